The third kappa shape index (κ3) is 9.99. The molecule has 0 bridgehead atoms. The summed E-state index contributed by atoms with van der Waals surface area (Å²) in [6.45, 7) is 3.59. The van der Waals surface area contributed by atoms with E-state index in [-0.39, 0.29) is 30.7 Å². The summed E-state index contributed by atoms with van der Waals surface area (Å²) in [7, 11) is -0.849. The zero-order valence-electron chi connectivity index (χ0n) is 10.6. The number of carbonyl (C=O) groups excluding carboxylic acids is 1. The quantitative estimate of drug-likeness (QED) is 0.677. The molecule has 0 saturated carbocycles. The highest BCUT2D eigenvalue weighted by Gasteiger charge is 2.14. The Kier molecular flexibility index (Phi) is 7.78. The summed E-state index contributed by atoms with van der Waals surface area (Å²) in [5.41, 5.74) is 0. The number of carboxylic acids is 1. The Morgan fingerprint density at radius 2 is 1.88 bits per heavy atom. The average Bonchev–Trinajstić information content (AvgIpc) is 2.12. The molecule has 0 heterocycles. The second kappa shape index (κ2) is 8.22. The molecule has 2 N–H and O–H groups in total. The molecule has 0 saturated heterocycles. The van der Waals surface area contributed by atoms with Gasteiger partial charge in [0.05, 0.1) is 0 Å². The van der Waals surface area contributed by atoms with E-state index in [1.165, 1.54) is 0 Å². The highest BCUT2D eigenvalue weighted by atomic mass is 32.2. The van der Waals surface area contributed by atoms with Crippen molar-refractivity contribution < 1.29 is 18.9 Å². The van der Waals surface area contributed by atoms with Crippen LogP contribution in [0.4, 0.5) is 0 Å². The Labute approximate surface area is 104 Å². The van der Waals surface area contributed by atoms with Crippen LogP contribution in [0.15, 0.2) is 0 Å². The van der Waals surface area contributed by atoms with Gasteiger partial charge in [-0.15, -0.1) is 0 Å². The highest BCUT2D eigenvalue weighted by Crippen LogP contribution is 2.07. The minimum Gasteiger partial charge on any atom is -0.481 e. The number of rotatable bonds is 8. The van der Waals surface area contributed by atoms with Crippen molar-refractivity contribution in [2.75, 3.05) is 12.0 Å². The van der Waals surface area contributed by atoms with Crippen LogP contribution >= 0.6 is 0 Å². The lowest BCUT2D eigenvalue weighted by Gasteiger charge is -2.15. The van der Waals surface area contributed by atoms with E-state index in [2.05, 4.69) is 5.32 Å². The molecule has 6 heteroatoms. The number of hydrogen-bond acceptors (Lipinski definition) is 3. The van der Waals surface area contributed by atoms with E-state index < -0.39 is 16.8 Å². The molecule has 0 aromatic rings. The Morgan fingerprint density at radius 3 is 2.35 bits per heavy atom. The van der Waals surface area contributed by atoms with Crippen LogP contribution in [-0.4, -0.2) is 39.2 Å². The van der Waals surface area contributed by atoms with E-state index in [4.69, 9.17) is 5.11 Å². The van der Waals surface area contributed by atoms with Crippen molar-refractivity contribution in [3.63, 3.8) is 0 Å². The van der Waals surface area contributed by atoms with Gasteiger partial charge in [0.2, 0.25) is 5.91 Å². The number of carboxylic acid groups (broad SMARTS) is 1. The average molecular weight is 263 g/mol. The minimum absolute atomic E-state index is 0.000772. The monoisotopic (exact) mass is 263 g/mol. The molecule has 0 aliphatic heterocycles. The fourth-order valence-corrected chi connectivity index (χ4v) is 2.12. The first kappa shape index (κ1) is 16.1. The predicted octanol–water partition coefficient (Wildman–Crippen LogP) is 0.761. The molecule has 0 aliphatic carbocycles. The molecule has 0 aromatic carbocycles. The Morgan fingerprint density at radius 1 is 1.29 bits per heavy atom. The van der Waals surface area contributed by atoms with Crippen LogP contribution in [0.5, 0.6) is 0 Å². The number of hydrogen-bond donors (Lipinski definition) is 2. The Bertz CT molecular complexity index is 293. The molecular formula is C11H21NO4S. The SMILES string of the molecule is CC(CC(=O)O)CC(=O)NC(C)CCS(C)=O. The van der Waals surface area contributed by atoms with Gasteiger partial charge >= 0.3 is 5.97 Å². The third-order valence-corrected chi connectivity index (χ3v) is 3.11. The second-order valence-corrected chi connectivity index (χ2v) is 6.00. The lowest BCUT2D eigenvalue weighted by atomic mass is 10.0. The molecule has 0 rings (SSSR count). The topological polar surface area (TPSA) is 83.5 Å². The molecule has 0 fully saturated rings. The van der Waals surface area contributed by atoms with Gasteiger partial charge in [-0.1, -0.05) is 6.92 Å². The molecule has 0 spiro atoms. The first-order valence-corrected chi connectivity index (χ1v) is 7.35. The van der Waals surface area contributed by atoms with Gasteiger partial charge in [-0.2, -0.15) is 0 Å². The molecular weight excluding hydrogens is 242 g/mol. The Hall–Kier alpha value is -0.910. The summed E-state index contributed by atoms with van der Waals surface area (Å²) >= 11 is 0. The lowest BCUT2D eigenvalue weighted by molar-refractivity contribution is -0.138. The molecule has 0 radical (unpaired) electrons. The van der Waals surface area contributed by atoms with Crippen LogP contribution in [0.2, 0.25) is 0 Å². The van der Waals surface area contributed by atoms with E-state index in [1.54, 1.807) is 13.2 Å². The summed E-state index contributed by atoms with van der Waals surface area (Å²) in [5, 5.41) is 11.3. The van der Waals surface area contributed by atoms with Crippen LogP contribution in [0.25, 0.3) is 0 Å². The van der Waals surface area contributed by atoms with Gasteiger partial charge in [0.25, 0.3) is 0 Å². The highest BCUT2D eigenvalue weighted by molar-refractivity contribution is 7.84. The van der Waals surface area contributed by atoms with Gasteiger partial charge < -0.3 is 10.4 Å². The zero-order chi connectivity index (χ0) is 13.4. The molecule has 1 amide bonds. The van der Waals surface area contributed by atoms with E-state index >= 15 is 0 Å². The van der Waals surface area contributed by atoms with Crippen molar-refractivity contribution in [3.8, 4) is 0 Å². The largest absolute Gasteiger partial charge is 0.481 e. The molecule has 0 aliphatic rings. The first-order chi connectivity index (χ1) is 7.81. The fraction of sp³-hybridized carbons (Fsp3) is 0.818. The van der Waals surface area contributed by atoms with Crippen molar-refractivity contribution in [1.29, 1.82) is 0 Å². The molecule has 5 nitrogen and oxygen atoms in total. The van der Waals surface area contributed by atoms with Gasteiger partial charge in [-0.3, -0.25) is 13.8 Å². The van der Waals surface area contributed by atoms with Crippen LogP contribution < -0.4 is 5.32 Å². The predicted molar refractivity (Wildman–Crippen MR) is 67.2 cm³/mol. The van der Waals surface area contributed by atoms with E-state index in [9.17, 15) is 13.8 Å². The normalized spacial score (nSPS) is 15.9. The number of nitrogens with one attached hydrogen (secondary N) is 1. The standard InChI is InChI=1S/C11H21NO4S/c1-8(7-11(14)15)6-10(13)12-9(2)4-5-17(3)16/h8-9H,4-7H2,1-3H3,(H,12,13)(H,14,15). The third-order valence-electron chi connectivity index (χ3n) is 2.30. The molecule has 3 unspecified atom stereocenters. The van der Waals surface area contributed by atoms with Gasteiger partial charge in [0.15, 0.2) is 0 Å². The van der Waals surface area contributed by atoms with E-state index in [0.717, 1.165) is 0 Å². The maximum Gasteiger partial charge on any atom is 0.303 e. The summed E-state index contributed by atoms with van der Waals surface area (Å²) < 4.78 is 10.9. The number of amides is 1. The maximum absolute atomic E-state index is 11.5. The van der Waals surface area contributed by atoms with Gasteiger partial charge in [0, 0.05) is 41.7 Å². The summed E-state index contributed by atoms with van der Waals surface area (Å²) in [5.74, 6) is -0.639. The van der Waals surface area contributed by atoms with Gasteiger partial charge in [-0.25, -0.2) is 0 Å². The first-order valence-electron chi connectivity index (χ1n) is 5.62. The molecule has 17 heavy (non-hydrogen) atoms. The van der Waals surface area contributed by atoms with Crippen molar-refractivity contribution in [2.24, 2.45) is 5.92 Å². The summed E-state index contributed by atoms with van der Waals surface area (Å²) in [6, 6.07) is -0.0246. The van der Waals surface area contributed by atoms with Crippen molar-refractivity contribution >= 4 is 22.7 Å². The number of aliphatic carboxylic acids is 1. The van der Waals surface area contributed by atoms with Crippen LogP contribution in [0.3, 0.4) is 0 Å². The zero-order valence-corrected chi connectivity index (χ0v) is 11.4. The molecule has 100 valence electrons. The summed E-state index contributed by atoms with van der Waals surface area (Å²) in [4.78, 5) is 21.9. The Balaban J connectivity index is 3.84. The lowest BCUT2D eigenvalue weighted by Crippen LogP contribution is -2.34. The van der Waals surface area contributed by atoms with Crippen molar-refractivity contribution in [2.45, 2.75) is 39.2 Å². The minimum atomic E-state index is -0.889. The van der Waals surface area contributed by atoms with Crippen LogP contribution in [0, 0.1) is 5.92 Å². The fourth-order valence-electron chi connectivity index (χ4n) is 1.44. The van der Waals surface area contributed by atoms with E-state index in [0.29, 0.717) is 12.2 Å². The van der Waals surface area contributed by atoms with E-state index in [1.807, 2.05) is 6.92 Å². The number of carbonyl (C=O) groups is 2. The maximum atomic E-state index is 11.5. The van der Waals surface area contributed by atoms with Crippen LogP contribution in [-0.2, 0) is 20.4 Å². The molecule has 0 aromatic heterocycles. The summed E-state index contributed by atoms with van der Waals surface area (Å²) in [6.07, 6.45) is 2.51. The van der Waals surface area contributed by atoms with Gasteiger partial charge in [0.1, 0.15) is 0 Å². The van der Waals surface area contributed by atoms with Crippen LogP contribution in [0.1, 0.15) is 33.1 Å². The van der Waals surface area contributed by atoms with Crippen molar-refractivity contribution in [1.82, 2.24) is 5.32 Å². The molecule has 3 atom stereocenters. The second-order valence-electron chi connectivity index (χ2n) is 4.44. The van der Waals surface area contributed by atoms with Gasteiger partial charge in [-0.05, 0) is 19.3 Å². The smallest absolute Gasteiger partial charge is 0.303 e. The van der Waals surface area contributed by atoms with Crippen molar-refractivity contribution in [3.05, 3.63) is 0 Å².